The number of nitrogens with one attached hydrogen (secondary N) is 1. The number of rotatable bonds is 7. The number of benzene rings is 1. The van der Waals surface area contributed by atoms with Crippen LogP contribution >= 0.6 is 0 Å². The third-order valence-electron chi connectivity index (χ3n) is 4.37. The van der Waals surface area contributed by atoms with E-state index < -0.39 is 5.54 Å². The van der Waals surface area contributed by atoms with Gasteiger partial charge in [0.1, 0.15) is 18.1 Å². The Morgan fingerprint density at radius 2 is 2.19 bits per heavy atom. The van der Waals surface area contributed by atoms with Crippen LogP contribution in [0, 0.1) is 0 Å². The Morgan fingerprint density at radius 1 is 1.38 bits per heavy atom. The third-order valence-corrected chi connectivity index (χ3v) is 4.37. The van der Waals surface area contributed by atoms with Gasteiger partial charge in [0.15, 0.2) is 0 Å². The van der Waals surface area contributed by atoms with Gasteiger partial charge in [-0.25, -0.2) is 0 Å². The molecule has 0 bridgehead atoms. The van der Waals surface area contributed by atoms with Crippen LogP contribution in [-0.4, -0.2) is 40.9 Å². The predicted octanol–water partition coefficient (Wildman–Crippen LogP) is 1.30. The van der Waals surface area contributed by atoms with E-state index in [1.54, 1.807) is 24.4 Å². The summed E-state index contributed by atoms with van der Waals surface area (Å²) in [7, 11) is 1.54. The normalized spacial score (nSPS) is 15.4. The number of aliphatic hydroxyl groups excluding tert-OH is 1. The molecule has 1 aliphatic carbocycles. The van der Waals surface area contributed by atoms with E-state index in [1.807, 2.05) is 18.2 Å². The van der Waals surface area contributed by atoms with Gasteiger partial charge in [-0.3, -0.25) is 14.8 Å². The summed E-state index contributed by atoms with van der Waals surface area (Å²) in [6, 6.07) is 10.7. The summed E-state index contributed by atoms with van der Waals surface area (Å²) in [4.78, 5) is 20.9. The molecule has 136 valence electrons. The van der Waals surface area contributed by atoms with Crippen LogP contribution in [0.1, 0.15) is 24.1 Å². The molecule has 1 aromatic heterocycles. The molecule has 1 saturated carbocycles. The number of nitrogens with zero attached hydrogens (tertiary/aromatic N) is 2. The summed E-state index contributed by atoms with van der Waals surface area (Å²) in [6.45, 7) is 0.223. The highest BCUT2D eigenvalue weighted by Gasteiger charge is 2.44. The van der Waals surface area contributed by atoms with Gasteiger partial charge < -0.3 is 20.9 Å². The minimum Gasteiger partial charge on any atom is -0.487 e. The van der Waals surface area contributed by atoms with Crippen LogP contribution in [0.25, 0.3) is 0 Å². The number of carbonyl (C=O) groups excluding carboxylic acids is 1. The van der Waals surface area contributed by atoms with Crippen molar-refractivity contribution in [1.29, 1.82) is 0 Å². The van der Waals surface area contributed by atoms with Crippen molar-refractivity contribution in [3.05, 3.63) is 53.9 Å². The lowest BCUT2D eigenvalue weighted by Gasteiger charge is -2.16. The van der Waals surface area contributed by atoms with Crippen molar-refractivity contribution in [3.63, 3.8) is 0 Å². The van der Waals surface area contributed by atoms with Crippen molar-refractivity contribution in [3.8, 4) is 5.75 Å². The van der Waals surface area contributed by atoms with Gasteiger partial charge in [0, 0.05) is 24.5 Å². The van der Waals surface area contributed by atoms with E-state index in [9.17, 15) is 9.90 Å². The van der Waals surface area contributed by atoms with Crippen LogP contribution in [0.5, 0.6) is 5.75 Å². The van der Waals surface area contributed by atoms with E-state index in [0.29, 0.717) is 23.6 Å². The molecule has 26 heavy (non-hydrogen) atoms. The van der Waals surface area contributed by atoms with Crippen LogP contribution < -0.4 is 15.8 Å². The van der Waals surface area contributed by atoms with E-state index in [2.05, 4.69) is 15.3 Å². The highest BCUT2D eigenvalue weighted by Crippen LogP contribution is 2.34. The Labute approximate surface area is 151 Å². The van der Waals surface area contributed by atoms with Gasteiger partial charge in [-0.05, 0) is 43.2 Å². The largest absolute Gasteiger partial charge is 0.487 e. The summed E-state index contributed by atoms with van der Waals surface area (Å²) < 4.78 is 5.75. The molecule has 0 radical (unpaired) electrons. The van der Waals surface area contributed by atoms with Gasteiger partial charge in [-0.1, -0.05) is 6.07 Å². The first-order valence-corrected chi connectivity index (χ1v) is 8.40. The second kappa shape index (κ2) is 7.53. The fraction of sp³-hybridized carbons (Fsp3) is 0.316. The average molecular weight is 354 g/mol. The smallest absolute Gasteiger partial charge is 0.270 e. The molecule has 1 heterocycles. The number of anilines is 1. The van der Waals surface area contributed by atoms with E-state index >= 15 is 0 Å². The lowest BCUT2D eigenvalue weighted by molar-refractivity contribution is -0.116. The lowest BCUT2D eigenvalue weighted by Crippen LogP contribution is -2.43. The average Bonchev–Trinajstić information content (AvgIpc) is 3.43. The predicted molar refractivity (Wildman–Crippen MR) is 99.1 cm³/mol. The standard InChI is InChI=1S/C19H22N4O3/c1-21-17(18(25)23-19(12-24)7-8-19)15-10-14(5-6-16(15)20)26-11-13-4-2-3-9-22-13/h2-6,9-10,24H,7-8,11-12,20H2,1H3,(H,23,25). The van der Waals surface area contributed by atoms with Crippen LogP contribution in [0.15, 0.2) is 47.6 Å². The van der Waals surface area contributed by atoms with E-state index in [-0.39, 0.29) is 18.2 Å². The minimum atomic E-state index is -0.519. The maximum absolute atomic E-state index is 12.6. The monoisotopic (exact) mass is 354 g/mol. The number of aromatic nitrogens is 1. The Kier molecular flexibility index (Phi) is 5.18. The zero-order chi connectivity index (χ0) is 18.6. The summed E-state index contributed by atoms with van der Waals surface area (Å²) in [5.41, 5.74) is 7.46. The summed E-state index contributed by atoms with van der Waals surface area (Å²) in [5, 5.41) is 12.2. The zero-order valence-electron chi connectivity index (χ0n) is 14.6. The number of aliphatic hydroxyl groups is 1. The van der Waals surface area contributed by atoms with Gasteiger partial charge in [0.2, 0.25) is 0 Å². The van der Waals surface area contributed by atoms with Gasteiger partial charge >= 0.3 is 0 Å². The second-order valence-corrected chi connectivity index (χ2v) is 6.32. The van der Waals surface area contributed by atoms with Crippen molar-refractivity contribution in [1.82, 2.24) is 10.3 Å². The molecule has 0 spiro atoms. The van der Waals surface area contributed by atoms with Gasteiger partial charge in [-0.15, -0.1) is 0 Å². The molecule has 0 unspecified atom stereocenters. The van der Waals surface area contributed by atoms with Gasteiger partial charge in [0.05, 0.1) is 17.8 Å². The number of hydrogen-bond acceptors (Lipinski definition) is 6. The van der Waals surface area contributed by atoms with Crippen molar-refractivity contribution in [2.24, 2.45) is 4.99 Å². The Morgan fingerprint density at radius 3 is 2.81 bits per heavy atom. The fourth-order valence-electron chi connectivity index (χ4n) is 2.59. The van der Waals surface area contributed by atoms with E-state index in [0.717, 1.165) is 18.5 Å². The Hall–Kier alpha value is -2.93. The molecule has 7 nitrogen and oxygen atoms in total. The quantitative estimate of drug-likeness (QED) is 0.513. The number of hydrogen-bond donors (Lipinski definition) is 3. The molecule has 1 fully saturated rings. The van der Waals surface area contributed by atoms with Gasteiger partial charge in [-0.2, -0.15) is 0 Å². The highest BCUT2D eigenvalue weighted by molar-refractivity contribution is 6.46. The molecular weight excluding hydrogens is 332 g/mol. The number of ether oxygens (including phenoxy) is 1. The van der Waals surface area contributed by atoms with E-state index in [1.165, 1.54) is 7.05 Å². The first kappa shape index (κ1) is 17.9. The zero-order valence-corrected chi connectivity index (χ0v) is 14.6. The van der Waals surface area contributed by atoms with Crippen LogP contribution in [0.4, 0.5) is 5.69 Å². The molecule has 0 saturated heterocycles. The molecule has 1 amide bonds. The lowest BCUT2D eigenvalue weighted by atomic mass is 10.1. The van der Waals surface area contributed by atoms with Crippen molar-refractivity contribution in [2.75, 3.05) is 19.4 Å². The van der Waals surface area contributed by atoms with Crippen molar-refractivity contribution in [2.45, 2.75) is 25.0 Å². The second-order valence-electron chi connectivity index (χ2n) is 6.32. The minimum absolute atomic E-state index is 0.0849. The molecule has 2 aromatic rings. The maximum Gasteiger partial charge on any atom is 0.270 e. The van der Waals surface area contributed by atoms with Crippen LogP contribution in [-0.2, 0) is 11.4 Å². The first-order chi connectivity index (χ1) is 12.6. The topological polar surface area (TPSA) is 110 Å². The summed E-state index contributed by atoms with van der Waals surface area (Å²) >= 11 is 0. The Bertz CT molecular complexity index is 817. The summed E-state index contributed by atoms with van der Waals surface area (Å²) in [5.74, 6) is 0.213. The SMILES string of the molecule is CN=C(C(=O)NC1(CO)CC1)c1cc(OCc2ccccn2)ccc1N. The molecular formula is C19H22N4O3. The van der Waals surface area contributed by atoms with Crippen LogP contribution in [0.2, 0.25) is 0 Å². The Balaban J connectivity index is 1.76. The maximum atomic E-state index is 12.6. The molecule has 3 rings (SSSR count). The number of nitrogen functional groups attached to an aromatic ring is 1. The van der Waals surface area contributed by atoms with Gasteiger partial charge in [0.25, 0.3) is 5.91 Å². The highest BCUT2D eigenvalue weighted by atomic mass is 16.5. The van der Waals surface area contributed by atoms with Crippen LogP contribution in [0.3, 0.4) is 0 Å². The number of aliphatic imine (C=N–C) groups is 1. The third kappa shape index (κ3) is 4.00. The number of nitrogens with two attached hydrogens (primary N) is 1. The molecule has 7 heteroatoms. The van der Waals surface area contributed by atoms with Crippen molar-refractivity contribution >= 4 is 17.3 Å². The number of carbonyl (C=O) groups is 1. The number of amides is 1. The number of pyridine rings is 1. The van der Waals surface area contributed by atoms with Crippen molar-refractivity contribution < 1.29 is 14.6 Å². The molecule has 0 aliphatic heterocycles. The fourth-order valence-corrected chi connectivity index (χ4v) is 2.59. The van der Waals surface area contributed by atoms with E-state index in [4.69, 9.17) is 10.5 Å². The first-order valence-electron chi connectivity index (χ1n) is 8.40. The molecule has 4 N–H and O–H groups in total. The molecule has 1 aliphatic rings. The molecule has 1 aromatic carbocycles. The molecule has 0 atom stereocenters. The summed E-state index contributed by atoms with van der Waals surface area (Å²) in [6.07, 6.45) is 3.22.